The monoisotopic (exact) mass is 182 g/mol. The van der Waals surface area contributed by atoms with Gasteiger partial charge in [-0.15, -0.1) is 0 Å². The highest BCUT2D eigenvalue weighted by atomic mass is 16.5. The van der Waals surface area contributed by atoms with Gasteiger partial charge < -0.3 is 4.74 Å². The highest BCUT2D eigenvalue weighted by Crippen LogP contribution is 2.54. The Bertz CT molecular complexity index is 199. The first-order valence-electron chi connectivity index (χ1n) is 5.62. The van der Waals surface area contributed by atoms with Crippen molar-refractivity contribution in [2.24, 2.45) is 17.3 Å². The van der Waals surface area contributed by atoms with Gasteiger partial charge in [-0.05, 0) is 43.4 Å². The van der Waals surface area contributed by atoms with Gasteiger partial charge >= 0.3 is 0 Å². The molecule has 1 heteroatoms. The average molecular weight is 182 g/mol. The summed E-state index contributed by atoms with van der Waals surface area (Å²) in [6.45, 7) is 10.4. The summed E-state index contributed by atoms with van der Waals surface area (Å²) in [7, 11) is 0. The lowest BCUT2D eigenvalue weighted by atomic mass is 9.58. The van der Waals surface area contributed by atoms with E-state index in [0.29, 0.717) is 5.41 Å². The Hall–Kier alpha value is -0.0400. The molecule has 2 heterocycles. The van der Waals surface area contributed by atoms with Crippen molar-refractivity contribution in [1.82, 2.24) is 0 Å². The molecule has 0 aromatic heterocycles. The molecule has 76 valence electrons. The number of fused-ring (bicyclic) bond motifs is 3. The van der Waals surface area contributed by atoms with E-state index >= 15 is 0 Å². The van der Waals surface area contributed by atoms with E-state index in [0.717, 1.165) is 18.4 Å². The molecule has 3 fully saturated rings. The van der Waals surface area contributed by atoms with E-state index in [-0.39, 0.29) is 5.60 Å². The Kier molecular flexibility index (Phi) is 1.99. The van der Waals surface area contributed by atoms with E-state index in [9.17, 15) is 0 Å². The predicted octanol–water partition coefficient (Wildman–Crippen LogP) is 3.24. The number of hydrogen-bond donors (Lipinski definition) is 0. The van der Waals surface area contributed by atoms with Gasteiger partial charge in [-0.25, -0.2) is 0 Å². The van der Waals surface area contributed by atoms with Crippen LogP contribution < -0.4 is 0 Å². The van der Waals surface area contributed by atoms with E-state index < -0.39 is 0 Å². The van der Waals surface area contributed by atoms with E-state index in [2.05, 4.69) is 27.7 Å². The van der Waals surface area contributed by atoms with Crippen molar-refractivity contribution in [3.8, 4) is 0 Å². The fourth-order valence-electron chi connectivity index (χ4n) is 3.02. The average Bonchev–Trinajstić information content (AvgIpc) is 2.08. The van der Waals surface area contributed by atoms with Gasteiger partial charge in [0.15, 0.2) is 0 Å². The third-order valence-electron chi connectivity index (χ3n) is 4.79. The summed E-state index contributed by atoms with van der Waals surface area (Å²) < 4.78 is 6.04. The zero-order valence-corrected chi connectivity index (χ0v) is 9.39. The Morgan fingerprint density at radius 1 is 1.31 bits per heavy atom. The molecule has 2 aliphatic heterocycles. The molecular weight excluding hydrogens is 160 g/mol. The molecule has 0 N–H and O–H groups in total. The Balaban J connectivity index is 2.21. The minimum atomic E-state index is 0.205. The topological polar surface area (TPSA) is 9.23 Å². The molecule has 0 amide bonds. The smallest absolute Gasteiger partial charge is 0.0680 e. The summed E-state index contributed by atoms with van der Waals surface area (Å²) in [5.41, 5.74) is 0.716. The lowest BCUT2D eigenvalue weighted by Gasteiger charge is -2.57. The SMILES string of the molecule is CC(C)[C@@]12CC[C@@](C)(OC1)C(C)C2. The minimum Gasteiger partial charge on any atom is -0.374 e. The quantitative estimate of drug-likeness (QED) is 0.605. The predicted molar refractivity (Wildman–Crippen MR) is 54.6 cm³/mol. The minimum absolute atomic E-state index is 0.205. The highest BCUT2D eigenvalue weighted by molar-refractivity contribution is 5.01. The van der Waals surface area contributed by atoms with Crippen molar-refractivity contribution < 1.29 is 4.74 Å². The van der Waals surface area contributed by atoms with Crippen molar-refractivity contribution in [2.75, 3.05) is 6.61 Å². The van der Waals surface area contributed by atoms with Crippen molar-refractivity contribution >= 4 is 0 Å². The van der Waals surface area contributed by atoms with Crippen molar-refractivity contribution in [2.45, 2.75) is 52.6 Å². The van der Waals surface area contributed by atoms with Gasteiger partial charge in [-0.2, -0.15) is 0 Å². The number of rotatable bonds is 1. The molecule has 0 aromatic carbocycles. The summed E-state index contributed by atoms with van der Waals surface area (Å²) in [5, 5.41) is 0. The summed E-state index contributed by atoms with van der Waals surface area (Å²) in [6.07, 6.45) is 4.03. The third-order valence-corrected chi connectivity index (χ3v) is 4.79. The van der Waals surface area contributed by atoms with E-state index in [1.54, 1.807) is 0 Å². The standard InChI is InChI=1S/C12H22O/c1-9(2)12-6-5-11(4,13-8-12)10(3)7-12/h9-10H,5-8H2,1-4H3/t10?,11-,12-/m1/s1. The zero-order chi connectivity index (χ0) is 9.69. The van der Waals surface area contributed by atoms with E-state index in [1.165, 1.54) is 19.3 Å². The van der Waals surface area contributed by atoms with Crippen LogP contribution in [0.15, 0.2) is 0 Å². The summed E-state index contributed by atoms with van der Waals surface area (Å²) in [4.78, 5) is 0. The van der Waals surface area contributed by atoms with Gasteiger partial charge in [0, 0.05) is 0 Å². The van der Waals surface area contributed by atoms with Crippen LogP contribution >= 0.6 is 0 Å². The maximum Gasteiger partial charge on any atom is 0.0680 e. The molecule has 3 atom stereocenters. The van der Waals surface area contributed by atoms with Crippen LogP contribution in [-0.2, 0) is 4.74 Å². The summed E-state index contributed by atoms with van der Waals surface area (Å²) >= 11 is 0. The first-order chi connectivity index (χ1) is 5.99. The molecule has 13 heavy (non-hydrogen) atoms. The Morgan fingerprint density at radius 2 is 2.00 bits per heavy atom. The molecule has 1 aliphatic carbocycles. The van der Waals surface area contributed by atoms with Gasteiger partial charge in [-0.3, -0.25) is 0 Å². The Labute approximate surface area is 81.9 Å². The van der Waals surface area contributed by atoms with Gasteiger partial charge in [0.05, 0.1) is 12.2 Å². The van der Waals surface area contributed by atoms with Gasteiger partial charge in [0.1, 0.15) is 0 Å². The lowest BCUT2D eigenvalue weighted by molar-refractivity contribution is -0.216. The fourth-order valence-corrected chi connectivity index (χ4v) is 3.02. The maximum absolute atomic E-state index is 6.04. The number of hydrogen-bond acceptors (Lipinski definition) is 1. The number of ether oxygens (including phenoxy) is 1. The molecule has 1 saturated carbocycles. The fraction of sp³-hybridized carbons (Fsp3) is 1.00. The molecule has 1 unspecified atom stereocenters. The van der Waals surface area contributed by atoms with Crippen LogP contribution in [0.4, 0.5) is 0 Å². The van der Waals surface area contributed by atoms with Crippen LogP contribution in [-0.4, -0.2) is 12.2 Å². The first-order valence-corrected chi connectivity index (χ1v) is 5.62. The van der Waals surface area contributed by atoms with Crippen LogP contribution in [0.25, 0.3) is 0 Å². The van der Waals surface area contributed by atoms with Crippen molar-refractivity contribution in [3.05, 3.63) is 0 Å². The largest absolute Gasteiger partial charge is 0.374 e. The van der Waals surface area contributed by atoms with Crippen LogP contribution in [0.2, 0.25) is 0 Å². The van der Waals surface area contributed by atoms with Gasteiger partial charge in [0.2, 0.25) is 0 Å². The van der Waals surface area contributed by atoms with Gasteiger partial charge in [-0.1, -0.05) is 20.8 Å². The second kappa shape index (κ2) is 2.73. The second-order valence-corrected chi connectivity index (χ2v) is 5.72. The lowest BCUT2D eigenvalue weighted by Crippen LogP contribution is -2.56. The van der Waals surface area contributed by atoms with Crippen LogP contribution in [0.5, 0.6) is 0 Å². The molecule has 0 aromatic rings. The molecule has 3 rings (SSSR count). The zero-order valence-electron chi connectivity index (χ0n) is 9.39. The molecule has 1 nitrogen and oxygen atoms in total. The first kappa shape index (κ1) is 9.51. The van der Waals surface area contributed by atoms with E-state index in [1.807, 2.05) is 0 Å². The molecule has 0 spiro atoms. The third kappa shape index (κ3) is 1.24. The maximum atomic E-state index is 6.04. The molecular formula is C12H22O. The summed E-state index contributed by atoms with van der Waals surface area (Å²) in [6, 6.07) is 0. The van der Waals surface area contributed by atoms with Crippen LogP contribution in [0.3, 0.4) is 0 Å². The molecule has 3 aliphatic rings. The molecule has 0 radical (unpaired) electrons. The van der Waals surface area contributed by atoms with Crippen LogP contribution in [0, 0.1) is 17.3 Å². The normalized spacial score (nSPS) is 50.1. The van der Waals surface area contributed by atoms with Crippen LogP contribution in [0.1, 0.15) is 47.0 Å². The van der Waals surface area contributed by atoms with E-state index in [4.69, 9.17) is 4.74 Å². The molecule has 2 saturated heterocycles. The summed E-state index contributed by atoms with van der Waals surface area (Å²) in [5.74, 6) is 1.53. The van der Waals surface area contributed by atoms with Crippen molar-refractivity contribution in [1.29, 1.82) is 0 Å². The molecule has 2 bridgehead atoms. The highest BCUT2D eigenvalue weighted by Gasteiger charge is 2.52. The Morgan fingerprint density at radius 3 is 2.38 bits per heavy atom. The second-order valence-electron chi connectivity index (χ2n) is 5.72. The van der Waals surface area contributed by atoms with Gasteiger partial charge in [0.25, 0.3) is 0 Å². The van der Waals surface area contributed by atoms with Crippen molar-refractivity contribution in [3.63, 3.8) is 0 Å².